The van der Waals surface area contributed by atoms with Gasteiger partial charge < -0.3 is 5.73 Å². The molecule has 0 fully saturated rings. The summed E-state index contributed by atoms with van der Waals surface area (Å²) in [6, 6.07) is 15.9. The lowest BCUT2D eigenvalue weighted by molar-refractivity contribution is 0.319. The fourth-order valence-electron chi connectivity index (χ4n) is 1.91. The quantitative estimate of drug-likeness (QED) is 0.852. The lowest BCUT2D eigenvalue weighted by Gasteiger charge is -2.17. The Morgan fingerprint density at radius 1 is 1.00 bits per heavy atom. The Labute approximate surface area is 113 Å². The van der Waals surface area contributed by atoms with Crippen molar-refractivity contribution < 1.29 is 0 Å². The number of nitrogens with zero attached hydrogens (tertiary/aromatic N) is 1. The Morgan fingerprint density at radius 2 is 1.67 bits per heavy atom. The fraction of sp³-hybridized carbons (Fsp3) is 0.200. The number of hydrogen-bond donors (Lipinski definition) is 1. The molecular weight excluding hydrogens is 244 g/mol. The minimum atomic E-state index is 0.799. The molecule has 18 heavy (non-hydrogen) atoms. The number of nitrogen functional groups attached to an aromatic ring is 1. The summed E-state index contributed by atoms with van der Waals surface area (Å²) < 4.78 is 0. The van der Waals surface area contributed by atoms with E-state index in [-0.39, 0.29) is 0 Å². The van der Waals surface area contributed by atoms with Crippen LogP contribution in [0.5, 0.6) is 0 Å². The number of anilines is 1. The Hall–Kier alpha value is -1.51. The van der Waals surface area contributed by atoms with Gasteiger partial charge in [-0.15, -0.1) is 0 Å². The Morgan fingerprint density at radius 3 is 2.33 bits per heavy atom. The van der Waals surface area contributed by atoms with Crippen molar-refractivity contribution in [1.29, 1.82) is 0 Å². The molecule has 0 unspecified atom stereocenters. The average molecular weight is 261 g/mol. The van der Waals surface area contributed by atoms with Gasteiger partial charge in [0.05, 0.1) is 0 Å². The van der Waals surface area contributed by atoms with Gasteiger partial charge >= 0.3 is 0 Å². The molecule has 0 bridgehead atoms. The molecule has 3 heteroatoms. The average Bonchev–Trinajstić information content (AvgIpc) is 2.35. The van der Waals surface area contributed by atoms with Gasteiger partial charge in [-0.2, -0.15) is 0 Å². The van der Waals surface area contributed by atoms with Crippen LogP contribution in [-0.2, 0) is 13.1 Å². The topological polar surface area (TPSA) is 29.3 Å². The molecule has 2 aromatic rings. The van der Waals surface area contributed by atoms with Gasteiger partial charge in [0.15, 0.2) is 0 Å². The maximum absolute atomic E-state index is 6.15. The zero-order chi connectivity index (χ0) is 13.0. The monoisotopic (exact) mass is 260 g/mol. The maximum atomic E-state index is 6.15. The molecule has 0 aliphatic rings. The van der Waals surface area contributed by atoms with Gasteiger partial charge in [-0.25, -0.2) is 0 Å². The molecule has 0 saturated carbocycles. The van der Waals surface area contributed by atoms with Crippen LogP contribution in [0, 0.1) is 0 Å². The summed E-state index contributed by atoms with van der Waals surface area (Å²) in [6.07, 6.45) is 0. The van der Waals surface area contributed by atoms with Gasteiger partial charge in [0.1, 0.15) is 0 Å². The Kier molecular flexibility index (Phi) is 4.24. The standard InChI is InChI=1S/C15H17ClN2/c1-18(10-12-6-8-14(17)9-7-12)11-13-4-2-3-5-15(13)16/h2-9H,10-11,17H2,1H3. The fourth-order valence-corrected chi connectivity index (χ4v) is 2.10. The first kappa shape index (κ1) is 12.9. The molecular formula is C15H17ClN2. The van der Waals surface area contributed by atoms with Gasteiger partial charge in [-0.3, -0.25) is 4.90 Å². The van der Waals surface area contributed by atoms with E-state index in [1.54, 1.807) is 0 Å². The number of rotatable bonds is 4. The van der Waals surface area contributed by atoms with Crippen LogP contribution in [0.1, 0.15) is 11.1 Å². The third-order valence-corrected chi connectivity index (χ3v) is 3.20. The van der Waals surface area contributed by atoms with Crippen molar-refractivity contribution in [2.24, 2.45) is 0 Å². The minimum Gasteiger partial charge on any atom is -0.399 e. The van der Waals surface area contributed by atoms with Crippen molar-refractivity contribution in [3.63, 3.8) is 0 Å². The largest absolute Gasteiger partial charge is 0.399 e. The smallest absolute Gasteiger partial charge is 0.0451 e. The molecule has 0 heterocycles. The molecule has 0 saturated heterocycles. The first-order chi connectivity index (χ1) is 8.65. The Bertz CT molecular complexity index is 508. The second-order valence-electron chi connectivity index (χ2n) is 4.51. The zero-order valence-corrected chi connectivity index (χ0v) is 11.2. The number of benzene rings is 2. The van der Waals surface area contributed by atoms with Gasteiger partial charge in [0, 0.05) is 23.8 Å². The van der Waals surface area contributed by atoms with E-state index < -0.39 is 0 Å². The molecule has 2 rings (SSSR count). The molecule has 0 aliphatic carbocycles. The van der Waals surface area contributed by atoms with E-state index in [4.69, 9.17) is 17.3 Å². The van der Waals surface area contributed by atoms with Crippen LogP contribution >= 0.6 is 11.6 Å². The van der Waals surface area contributed by atoms with Crippen molar-refractivity contribution in [3.8, 4) is 0 Å². The van der Waals surface area contributed by atoms with E-state index in [2.05, 4.69) is 30.1 Å². The second kappa shape index (κ2) is 5.89. The van der Waals surface area contributed by atoms with Crippen LogP contribution in [0.4, 0.5) is 5.69 Å². The molecule has 0 aliphatic heterocycles. The van der Waals surface area contributed by atoms with Gasteiger partial charge in [0.25, 0.3) is 0 Å². The van der Waals surface area contributed by atoms with E-state index in [9.17, 15) is 0 Å². The van der Waals surface area contributed by atoms with Crippen LogP contribution in [0.15, 0.2) is 48.5 Å². The van der Waals surface area contributed by atoms with E-state index in [1.165, 1.54) is 5.56 Å². The van der Waals surface area contributed by atoms with Gasteiger partial charge in [-0.1, -0.05) is 41.9 Å². The zero-order valence-electron chi connectivity index (χ0n) is 10.4. The molecule has 2 N–H and O–H groups in total. The highest BCUT2D eigenvalue weighted by molar-refractivity contribution is 6.31. The first-order valence-electron chi connectivity index (χ1n) is 5.91. The summed E-state index contributed by atoms with van der Waals surface area (Å²) in [7, 11) is 2.08. The Balaban J connectivity index is 1.99. The number of halogens is 1. The van der Waals surface area contributed by atoms with Crippen LogP contribution in [0.2, 0.25) is 5.02 Å². The van der Waals surface area contributed by atoms with Crippen molar-refractivity contribution in [1.82, 2.24) is 4.90 Å². The number of nitrogens with two attached hydrogens (primary N) is 1. The highest BCUT2D eigenvalue weighted by Crippen LogP contribution is 2.17. The van der Waals surface area contributed by atoms with Gasteiger partial charge in [0.2, 0.25) is 0 Å². The van der Waals surface area contributed by atoms with Crippen LogP contribution in [0.3, 0.4) is 0 Å². The predicted octanol–water partition coefficient (Wildman–Crippen LogP) is 3.55. The number of hydrogen-bond acceptors (Lipinski definition) is 2. The first-order valence-corrected chi connectivity index (χ1v) is 6.29. The van der Waals surface area contributed by atoms with E-state index >= 15 is 0 Å². The molecule has 2 nitrogen and oxygen atoms in total. The van der Waals surface area contributed by atoms with Crippen molar-refractivity contribution in [2.45, 2.75) is 13.1 Å². The van der Waals surface area contributed by atoms with Crippen molar-refractivity contribution in [2.75, 3.05) is 12.8 Å². The highest BCUT2D eigenvalue weighted by Gasteiger charge is 2.04. The maximum Gasteiger partial charge on any atom is 0.0451 e. The summed E-state index contributed by atoms with van der Waals surface area (Å²) in [6.45, 7) is 1.72. The minimum absolute atomic E-state index is 0.799. The summed E-state index contributed by atoms with van der Waals surface area (Å²) >= 11 is 6.15. The van der Waals surface area contributed by atoms with Crippen molar-refractivity contribution in [3.05, 3.63) is 64.7 Å². The van der Waals surface area contributed by atoms with Gasteiger partial charge in [-0.05, 0) is 36.4 Å². The molecule has 2 aromatic carbocycles. The van der Waals surface area contributed by atoms with E-state index in [0.29, 0.717) is 0 Å². The summed E-state index contributed by atoms with van der Waals surface area (Å²) in [5, 5.41) is 0.821. The third kappa shape index (κ3) is 3.49. The third-order valence-electron chi connectivity index (χ3n) is 2.83. The molecule has 0 atom stereocenters. The lowest BCUT2D eigenvalue weighted by atomic mass is 10.1. The summed E-state index contributed by atoms with van der Waals surface area (Å²) in [5.41, 5.74) is 8.87. The van der Waals surface area contributed by atoms with E-state index in [1.807, 2.05) is 30.3 Å². The SMILES string of the molecule is CN(Cc1ccc(N)cc1)Cc1ccccc1Cl. The molecule has 0 amide bonds. The molecule has 0 spiro atoms. The van der Waals surface area contributed by atoms with E-state index in [0.717, 1.165) is 29.4 Å². The van der Waals surface area contributed by atoms with Crippen LogP contribution < -0.4 is 5.73 Å². The normalized spacial score (nSPS) is 10.8. The second-order valence-corrected chi connectivity index (χ2v) is 4.91. The molecule has 94 valence electrons. The molecule has 0 radical (unpaired) electrons. The summed E-state index contributed by atoms with van der Waals surface area (Å²) in [5.74, 6) is 0. The van der Waals surface area contributed by atoms with Crippen LogP contribution in [-0.4, -0.2) is 11.9 Å². The highest BCUT2D eigenvalue weighted by atomic mass is 35.5. The van der Waals surface area contributed by atoms with Crippen molar-refractivity contribution >= 4 is 17.3 Å². The molecule has 0 aromatic heterocycles. The van der Waals surface area contributed by atoms with Crippen LogP contribution in [0.25, 0.3) is 0 Å². The summed E-state index contributed by atoms with van der Waals surface area (Å²) in [4.78, 5) is 2.23. The predicted molar refractivity (Wildman–Crippen MR) is 77.5 cm³/mol. The lowest BCUT2D eigenvalue weighted by Crippen LogP contribution is -2.17.